The van der Waals surface area contributed by atoms with Gasteiger partial charge in [-0.2, -0.15) is 5.10 Å². The van der Waals surface area contributed by atoms with Gasteiger partial charge in [0.15, 0.2) is 5.82 Å². The number of nitrogens with one attached hydrogen (secondary N) is 1. The summed E-state index contributed by atoms with van der Waals surface area (Å²) in [4.78, 5) is 24.9. The van der Waals surface area contributed by atoms with Crippen LogP contribution in [0.15, 0.2) is 58.6 Å². The Labute approximate surface area is 200 Å². The SMILES string of the molecule is CCN(CC)c1ccc(/N=C2/C(C(C)(C)C)=Nn3nc(-c4ccc(NC(C)=O)cc4)nc32)cc1. The van der Waals surface area contributed by atoms with Crippen LogP contribution in [-0.2, 0) is 4.79 Å². The topological polar surface area (TPSA) is 87.8 Å². The minimum Gasteiger partial charge on any atom is -0.372 e. The van der Waals surface area contributed by atoms with Crippen molar-refractivity contribution in [2.45, 2.75) is 41.5 Å². The van der Waals surface area contributed by atoms with E-state index < -0.39 is 0 Å². The Morgan fingerprint density at radius 2 is 1.68 bits per heavy atom. The van der Waals surface area contributed by atoms with Crippen LogP contribution in [0.4, 0.5) is 17.1 Å². The smallest absolute Gasteiger partial charge is 0.221 e. The number of aliphatic imine (C=N–C) groups is 1. The Kier molecular flexibility index (Phi) is 6.32. The molecular formula is C26H31N7O. The zero-order valence-corrected chi connectivity index (χ0v) is 20.6. The van der Waals surface area contributed by atoms with Gasteiger partial charge in [0.05, 0.1) is 11.4 Å². The Balaban J connectivity index is 1.69. The molecule has 0 atom stereocenters. The molecule has 0 radical (unpaired) electrons. The van der Waals surface area contributed by atoms with E-state index in [0.29, 0.717) is 11.6 Å². The van der Waals surface area contributed by atoms with Crippen LogP contribution < -0.4 is 10.2 Å². The van der Waals surface area contributed by atoms with Crippen LogP contribution in [0, 0.1) is 5.41 Å². The van der Waals surface area contributed by atoms with Crippen LogP contribution in [0.1, 0.15) is 47.4 Å². The molecule has 1 N–H and O–H groups in total. The Morgan fingerprint density at radius 1 is 1.03 bits per heavy atom. The van der Waals surface area contributed by atoms with Crippen LogP contribution in [0.25, 0.3) is 11.4 Å². The molecule has 3 aromatic rings. The van der Waals surface area contributed by atoms with Crippen molar-refractivity contribution in [3.8, 4) is 11.4 Å². The fraction of sp³-hybridized carbons (Fsp3) is 0.346. The van der Waals surface area contributed by atoms with Crippen molar-refractivity contribution < 1.29 is 4.79 Å². The summed E-state index contributed by atoms with van der Waals surface area (Å²) >= 11 is 0. The molecule has 1 aliphatic heterocycles. The standard InChI is InChI=1S/C26H31N7O/c1-7-32(8-2)21-15-13-20(14-16-21)28-22-23(26(4,5)6)30-33-25(22)29-24(31-33)18-9-11-19(12-10-18)27-17(3)34/h9-16H,7-8H2,1-6H3,(H,27,34)/b28-22-. The summed E-state index contributed by atoms with van der Waals surface area (Å²) in [5, 5.41) is 12.1. The number of hydrogen-bond acceptors (Lipinski definition) is 6. The molecule has 0 aliphatic carbocycles. The number of carbonyl (C=O) groups is 1. The first-order valence-corrected chi connectivity index (χ1v) is 11.6. The van der Waals surface area contributed by atoms with Crippen molar-refractivity contribution in [1.82, 2.24) is 14.9 Å². The molecule has 8 heteroatoms. The van der Waals surface area contributed by atoms with Crippen LogP contribution >= 0.6 is 0 Å². The van der Waals surface area contributed by atoms with Gasteiger partial charge < -0.3 is 10.2 Å². The Bertz CT molecular complexity index is 1240. The highest BCUT2D eigenvalue weighted by Gasteiger charge is 2.34. The molecule has 2 heterocycles. The van der Waals surface area contributed by atoms with E-state index in [0.717, 1.165) is 41.5 Å². The molecule has 0 bridgehead atoms. The van der Waals surface area contributed by atoms with Gasteiger partial charge in [-0.15, -0.1) is 9.89 Å². The lowest BCUT2D eigenvalue weighted by atomic mass is 9.87. The van der Waals surface area contributed by atoms with Gasteiger partial charge in [-0.25, -0.2) is 9.98 Å². The van der Waals surface area contributed by atoms with E-state index in [4.69, 9.17) is 15.1 Å². The second-order valence-corrected chi connectivity index (χ2v) is 9.25. The summed E-state index contributed by atoms with van der Waals surface area (Å²) in [6, 6.07) is 15.7. The number of aromatic nitrogens is 3. The fourth-order valence-electron chi connectivity index (χ4n) is 3.86. The van der Waals surface area contributed by atoms with E-state index in [-0.39, 0.29) is 11.3 Å². The van der Waals surface area contributed by atoms with Gasteiger partial charge in [-0.05, 0) is 62.4 Å². The van der Waals surface area contributed by atoms with Gasteiger partial charge in [-0.1, -0.05) is 20.8 Å². The lowest BCUT2D eigenvalue weighted by molar-refractivity contribution is -0.114. The first kappa shape index (κ1) is 23.4. The maximum Gasteiger partial charge on any atom is 0.221 e. The minimum absolute atomic E-state index is 0.109. The highest BCUT2D eigenvalue weighted by Crippen LogP contribution is 2.29. The van der Waals surface area contributed by atoms with E-state index >= 15 is 0 Å². The minimum atomic E-state index is -0.220. The molecule has 4 rings (SSSR count). The van der Waals surface area contributed by atoms with Crippen LogP contribution in [-0.4, -0.2) is 45.3 Å². The zero-order valence-electron chi connectivity index (χ0n) is 20.6. The molecule has 1 aliphatic rings. The maximum absolute atomic E-state index is 11.3. The largest absolute Gasteiger partial charge is 0.372 e. The molecule has 34 heavy (non-hydrogen) atoms. The van der Waals surface area contributed by atoms with Gasteiger partial charge in [0.2, 0.25) is 11.7 Å². The van der Waals surface area contributed by atoms with Crippen LogP contribution in [0.5, 0.6) is 0 Å². The third-order valence-electron chi connectivity index (χ3n) is 5.61. The monoisotopic (exact) mass is 457 g/mol. The van der Waals surface area contributed by atoms with Gasteiger partial charge in [0, 0.05) is 42.4 Å². The van der Waals surface area contributed by atoms with E-state index in [1.165, 1.54) is 12.6 Å². The molecule has 8 nitrogen and oxygen atoms in total. The summed E-state index contributed by atoms with van der Waals surface area (Å²) in [5.41, 5.74) is 4.96. The lowest BCUT2D eigenvalue weighted by Crippen LogP contribution is -2.27. The second kappa shape index (κ2) is 9.21. The third-order valence-corrected chi connectivity index (χ3v) is 5.61. The maximum atomic E-state index is 11.3. The van der Waals surface area contributed by atoms with E-state index in [1.807, 2.05) is 36.4 Å². The molecule has 2 aromatic carbocycles. The number of benzene rings is 2. The van der Waals surface area contributed by atoms with Crippen molar-refractivity contribution in [3.05, 3.63) is 54.4 Å². The Hall–Kier alpha value is -3.81. The summed E-state index contributed by atoms with van der Waals surface area (Å²) in [6.45, 7) is 14.0. The van der Waals surface area contributed by atoms with Gasteiger partial charge >= 0.3 is 0 Å². The fourth-order valence-corrected chi connectivity index (χ4v) is 3.86. The predicted molar refractivity (Wildman–Crippen MR) is 138 cm³/mol. The average Bonchev–Trinajstić information content (AvgIpc) is 3.35. The molecule has 0 saturated carbocycles. The van der Waals surface area contributed by atoms with E-state index in [2.05, 4.69) is 62.1 Å². The third kappa shape index (κ3) is 4.76. The molecular weight excluding hydrogens is 426 g/mol. The summed E-state index contributed by atoms with van der Waals surface area (Å²) < 4.78 is 0. The van der Waals surface area contributed by atoms with Gasteiger partial charge in [0.1, 0.15) is 5.71 Å². The van der Waals surface area contributed by atoms with Crippen molar-refractivity contribution >= 4 is 34.4 Å². The first-order valence-electron chi connectivity index (χ1n) is 11.6. The van der Waals surface area contributed by atoms with Crippen molar-refractivity contribution in [2.24, 2.45) is 15.5 Å². The molecule has 1 aromatic heterocycles. The number of hydrogen-bond donors (Lipinski definition) is 1. The summed E-state index contributed by atoms with van der Waals surface area (Å²) in [5.74, 6) is 1.08. The van der Waals surface area contributed by atoms with E-state index in [9.17, 15) is 4.79 Å². The van der Waals surface area contributed by atoms with Crippen LogP contribution in [0.2, 0.25) is 0 Å². The number of rotatable bonds is 6. The number of anilines is 2. The number of carbonyl (C=O) groups excluding carboxylic acids is 1. The average molecular weight is 458 g/mol. The second-order valence-electron chi connectivity index (χ2n) is 9.25. The molecule has 0 unspecified atom stereocenters. The summed E-state index contributed by atoms with van der Waals surface area (Å²) in [7, 11) is 0. The highest BCUT2D eigenvalue weighted by atomic mass is 16.1. The van der Waals surface area contributed by atoms with Gasteiger partial charge in [0.25, 0.3) is 0 Å². The van der Waals surface area contributed by atoms with E-state index in [1.54, 1.807) is 4.79 Å². The van der Waals surface area contributed by atoms with Gasteiger partial charge in [-0.3, -0.25) is 4.79 Å². The number of amides is 1. The first-order chi connectivity index (χ1) is 16.2. The molecule has 0 fully saturated rings. The molecule has 1 amide bonds. The molecule has 0 spiro atoms. The van der Waals surface area contributed by atoms with Crippen molar-refractivity contribution in [2.75, 3.05) is 23.3 Å². The predicted octanol–water partition coefficient (Wildman–Crippen LogP) is 5.13. The Morgan fingerprint density at radius 3 is 2.24 bits per heavy atom. The highest BCUT2D eigenvalue weighted by molar-refractivity contribution is 6.50. The molecule has 176 valence electrons. The van der Waals surface area contributed by atoms with Crippen molar-refractivity contribution in [1.29, 1.82) is 0 Å². The quantitative estimate of drug-likeness (QED) is 0.555. The normalized spacial score (nSPS) is 14.2. The molecule has 0 saturated heterocycles. The summed E-state index contributed by atoms with van der Waals surface area (Å²) in [6.07, 6.45) is 0. The lowest BCUT2D eigenvalue weighted by Gasteiger charge is -2.21. The number of fused-ring (bicyclic) bond motifs is 1. The zero-order chi connectivity index (χ0) is 24.5. The van der Waals surface area contributed by atoms with Crippen LogP contribution in [0.3, 0.4) is 0 Å². The van der Waals surface area contributed by atoms with Crippen molar-refractivity contribution in [3.63, 3.8) is 0 Å². The number of nitrogens with zero attached hydrogens (tertiary/aromatic N) is 6.